The third kappa shape index (κ3) is 4.68. The van der Waals surface area contributed by atoms with E-state index in [1.807, 2.05) is 39.8 Å². The molecule has 8 heteroatoms. The molecule has 0 fully saturated rings. The molecule has 0 bridgehead atoms. The molecule has 2 aromatic heterocycles. The summed E-state index contributed by atoms with van der Waals surface area (Å²) < 4.78 is 1.68. The maximum atomic E-state index is 12.6. The first-order chi connectivity index (χ1) is 13.7. The largest absolute Gasteiger partial charge is 0.323 e. The molecule has 6 nitrogen and oxygen atoms in total. The van der Waals surface area contributed by atoms with Crippen molar-refractivity contribution in [2.75, 3.05) is 10.6 Å². The van der Waals surface area contributed by atoms with Crippen molar-refractivity contribution < 1.29 is 9.59 Å². The quantitative estimate of drug-likeness (QED) is 0.577. The molecule has 3 aromatic rings. The summed E-state index contributed by atoms with van der Waals surface area (Å²) in [6.45, 7) is 9.46. The van der Waals surface area contributed by atoms with Crippen LogP contribution < -0.4 is 10.6 Å². The summed E-state index contributed by atoms with van der Waals surface area (Å²) in [5.74, 6) is -0.405. The lowest BCUT2D eigenvalue weighted by atomic mass is 10.2. The third-order valence-electron chi connectivity index (χ3n) is 4.56. The molecule has 29 heavy (non-hydrogen) atoms. The topological polar surface area (TPSA) is 76.0 Å². The number of aryl methyl sites for hydroxylation is 4. The van der Waals surface area contributed by atoms with E-state index in [1.54, 1.807) is 41.1 Å². The Morgan fingerprint density at radius 3 is 2.38 bits per heavy atom. The number of rotatable bonds is 5. The molecule has 3 rings (SSSR count). The molecule has 1 atom stereocenters. The van der Waals surface area contributed by atoms with Crippen LogP contribution in [0.5, 0.6) is 0 Å². The second kappa shape index (κ2) is 8.39. The summed E-state index contributed by atoms with van der Waals surface area (Å²) in [5, 5.41) is 10.4. The average Bonchev–Trinajstić information content (AvgIpc) is 3.16. The number of thiophene rings is 1. The van der Waals surface area contributed by atoms with Gasteiger partial charge in [-0.3, -0.25) is 14.3 Å². The fourth-order valence-electron chi connectivity index (χ4n) is 3.14. The zero-order chi connectivity index (χ0) is 21.3. The predicted molar refractivity (Wildman–Crippen MR) is 118 cm³/mol. The highest BCUT2D eigenvalue weighted by molar-refractivity contribution is 7.12. The first-order valence-electron chi connectivity index (χ1n) is 9.17. The first kappa shape index (κ1) is 21.1. The molecule has 0 aliphatic heterocycles. The molecule has 0 radical (unpaired) electrons. The van der Waals surface area contributed by atoms with Gasteiger partial charge in [-0.2, -0.15) is 5.10 Å². The molecular weight excluding hydrogens is 408 g/mol. The minimum atomic E-state index is -0.482. The SMILES string of the molecule is Cc1cc(C)n(C(C)C(=O)Nc2ccc(NC(=O)c3cc(C)sc3C)cc2Cl)n1. The number of nitrogens with one attached hydrogen (secondary N) is 2. The first-order valence-corrected chi connectivity index (χ1v) is 10.4. The summed E-state index contributed by atoms with van der Waals surface area (Å²) in [7, 11) is 0. The van der Waals surface area contributed by atoms with Crippen molar-refractivity contribution in [2.45, 2.75) is 40.7 Å². The number of hydrogen-bond donors (Lipinski definition) is 2. The van der Waals surface area contributed by atoms with E-state index in [9.17, 15) is 9.59 Å². The smallest absolute Gasteiger partial charge is 0.256 e. The van der Waals surface area contributed by atoms with E-state index in [-0.39, 0.29) is 11.8 Å². The van der Waals surface area contributed by atoms with Gasteiger partial charge in [-0.25, -0.2) is 0 Å². The predicted octanol–water partition coefficient (Wildman–Crippen LogP) is 5.28. The number of carbonyl (C=O) groups excluding carboxylic acids is 2. The normalized spacial score (nSPS) is 11.9. The summed E-state index contributed by atoms with van der Waals surface area (Å²) in [6.07, 6.45) is 0. The molecule has 1 unspecified atom stereocenters. The van der Waals surface area contributed by atoms with Crippen LogP contribution in [0, 0.1) is 27.7 Å². The second-order valence-electron chi connectivity index (χ2n) is 7.01. The van der Waals surface area contributed by atoms with Crippen LogP contribution in [0.4, 0.5) is 11.4 Å². The van der Waals surface area contributed by atoms with Crippen LogP contribution in [-0.4, -0.2) is 21.6 Å². The number of anilines is 2. The van der Waals surface area contributed by atoms with E-state index in [0.717, 1.165) is 21.1 Å². The van der Waals surface area contributed by atoms with Crippen LogP contribution in [0.2, 0.25) is 5.02 Å². The van der Waals surface area contributed by atoms with Crippen LogP contribution in [-0.2, 0) is 4.79 Å². The van der Waals surface area contributed by atoms with E-state index in [2.05, 4.69) is 15.7 Å². The fraction of sp³-hybridized carbons (Fsp3) is 0.286. The molecule has 1 aromatic carbocycles. The van der Waals surface area contributed by atoms with Gasteiger partial charge >= 0.3 is 0 Å². The number of nitrogens with zero attached hydrogens (tertiary/aromatic N) is 2. The van der Waals surface area contributed by atoms with Gasteiger partial charge in [0, 0.05) is 21.1 Å². The van der Waals surface area contributed by atoms with Crippen molar-refractivity contribution in [1.29, 1.82) is 0 Å². The minimum absolute atomic E-state index is 0.183. The Kier molecular flexibility index (Phi) is 6.10. The lowest BCUT2D eigenvalue weighted by molar-refractivity contribution is -0.119. The molecule has 2 N–H and O–H groups in total. The lowest BCUT2D eigenvalue weighted by Crippen LogP contribution is -2.25. The molecule has 2 heterocycles. The Balaban J connectivity index is 1.70. The van der Waals surface area contributed by atoms with E-state index < -0.39 is 6.04 Å². The lowest BCUT2D eigenvalue weighted by Gasteiger charge is -2.16. The van der Waals surface area contributed by atoms with Gasteiger partial charge in [0.15, 0.2) is 0 Å². The Bertz CT molecular complexity index is 1090. The zero-order valence-electron chi connectivity index (χ0n) is 17.0. The van der Waals surface area contributed by atoms with Crippen molar-refractivity contribution in [3.63, 3.8) is 0 Å². The number of benzene rings is 1. The molecule has 152 valence electrons. The summed E-state index contributed by atoms with van der Waals surface area (Å²) in [5.41, 5.74) is 3.46. The van der Waals surface area contributed by atoms with E-state index in [1.165, 1.54) is 0 Å². The van der Waals surface area contributed by atoms with Gasteiger partial charge in [0.05, 0.1) is 22.0 Å². The fourth-order valence-corrected chi connectivity index (χ4v) is 4.28. The van der Waals surface area contributed by atoms with Crippen LogP contribution in [0.1, 0.15) is 44.5 Å². The summed E-state index contributed by atoms with van der Waals surface area (Å²) in [6, 6.07) is 8.32. The van der Waals surface area contributed by atoms with Gasteiger partial charge < -0.3 is 10.6 Å². The molecule has 2 amide bonds. The maximum absolute atomic E-state index is 12.6. The van der Waals surface area contributed by atoms with Crippen LogP contribution in [0.25, 0.3) is 0 Å². The highest BCUT2D eigenvalue weighted by atomic mass is 35.5. The number of halogens is 1. The Labute approximate surface area is 178 Å². The second-order valence-corrected chi connectivity index (χ2v) is 8.88. The number of aromatic nitrogens is 2. The summed E-state index contributed by atoms with van der Waals surface area (Å²) >= 11 is 7.92. The Morgan fingerprint density at radius 1 is 1.10 bits per heavy atom. The maximum Gasteiger partial charge on any atom is 0.256 e. The van der Waals surface area contributed by atoms with E-state index in [0.29, 0.717) is 22.0 Å². The van der Waals surface area contributed by atoms with Crippen molar-refractivity contribution >= 4 is 46.1 Å². The number of carbonyl (C=O) groups is 2. The number of amides is 2. The van der Waals surface area contributed by atoms with Gasteiger partial charge in [0.25, 0.3) is 5.91 Å². The third-order valence-corrected chi connectivity index (χ3v) is 5.84. The van der Waals surface area contributed by atoms with E-state index >= 15 is 0 Å². The standard InChI is InChI=1S/C21H23ClN4O2S/c1-11-8-12(2)26(25-11)14(4)20(27)24-19-7-6-16(10-18(19)22)23-21(28)17-9-13(3)29-15(17)5/h6-10,14H,1-5H3,(H,23,28)(H,24,27). The van der Waals surface area contributed by atoms with Gasteiger partial charge in [-0.15, -0.1) is 11.3 Å². The van der Waals surface area contributed by atoms with Crippen LogP contribution in [0.3, 0.4) is 0 Å². The molecule has 0 saturated heterocycles. The van der Waals surface area contributed by atoms with Crippen molar-refractivity contribution in [3.8, 4) is 0 Å². The Hall–Kier alpha value is -2.64. The highest BCUT2D eigenvalue weighted by Crippen LogP contribution is 2.28. The molecule has 0 saturated carbocycles. The van der Waals surface area contributed by atoms with Crippen molar-refractivity contribution in [1.82, 2.24) is 9.78 Å². The Morgan fingerprint density at radius 2 is 1.83 bits per heavy atom. The van der Waals surface area contributed by atoms with Gasteiger partial charge in [0.1, 0.15) is 6.04 Å². The highest BCUT2D eigenvalue weighted by Gasteiger charge is 2.19. The van der Waals surface area contributed by atoms with Gasteiger partial charge in [-0.1, -0.05) is 11.6 Å². The van der Waals surface area contributed by atoms with Crippen molar-refractivity contribution in [3.05, 3.63) is 62.1 Å². The van der Waals surface area contributed by atoms with E-state index in [4.69, 9.17) is 11.6 Å². The number of hydrogen-bond acceptors (Lipinski definition) is 4. The average molecular weight is 431 g/mol. The molecule has 0 aliphatic rings. The molecular formula is C21H23ClN4O2S. The zero-order valence-corrected chi connectivity index (χ0v) is 18.5. The van der Waals surface area contributed by atoms with Crippen LogP contribution >= 0.6 is 22.9 Å². The van der Waals surface area contributed by atoms with Crippen LogP contribution in [0.15, 0.2) is 30.3 Å². The molecule has 0 spiro atoms. The van der Waals surface area contributed by atoms with Gasteiger partial charge in [0.2, 0.25) is 5.91 Å². The minimum Gasteiger partial charge on any atom is -0.323 e. The summed E-state index contributed by atoms with van der Waals surface area (Å²) in [4.78, 5) is 27.1. The van der Waals surface area contributed by atoms with Gasteiger partial charge in [-0.05, 0) is 65.0 Å². The molecule has 0 aliphatic carbocycles. The van der Waals surface area contributed by atoms with Crippen molar-refractivity contribution in [2.24, 2.45) is 0 Å². The monoisotopic (exact) mass is 430 g/mol.